The zero-order valence-corrected chi connectivity index (χ0v) is 23.8. The van der Waals surface area contributed by atoms with Crippen molar-refractivity contribution in [1.82, 2.24) is 4.90 Å². The summed E-state index contributed by atoms with van der Waals surface area (Å²) in [5, 5.41) is 0. The number of fused-ring (bicyclic) bond motifs is 2. The van der Waals surface area contributed by atoms with Crippen molar-refractivity contribution in [3.8, 4) is 0 Å². The van der Waals surface area contributed by atoms with E-state index in [9.17, 15) is 18.2 Å². The van der Waals surface area contributed by atoms with E-state index >= 15 is 0 Å². The first-order valence-corrected chi connectivity index (χ1v) is 14.8. The molecule has 0 unspecified atom stereocenters. The summed E-state index contributed by atoms with van der Waals surface area (Å²) in [7, 11) is -1.60. The number of nitrogens with zero attached hydrogens (tertiary/aromatic N) is 3. The third-order valence-electron chi connectivity index (χ3n) is 7.85. The number of anilines is 2. The first-order valence-electron chi connectivity index (χ1n) is 13.6. The molecule has 6 nitrogen and oxygen atoms in total. The minimum Gasteiger partial charge on any atom is -0.366 e. The van der Waals surface area contributed by atoms with Gasteiger partial charge in [-0.25, -0.2) is 8.60 Å². The number of carbonyl (C=O) groups is 2. The van der Waals surface area contributed by atoms with E-state index in [1.807, 2.05) is 30.9 Å². The van der Waals surface area contributed by atoms with Crippen LogP contribution in [0.5, 0.6) is 0 Å². The summed E-state index contributed by atoms with van der Waals surface area (Å²) in [5.74, 6) is -0.704. The maximum absolute atomic E-state index is 14.3. The summed E-state index contributed by atoms with van der Waals surface area (Å²) in [6.07, 6.45) is 0. The van der Waals surface area contributed by atoms with Crippen LogP contribution in [0.15, 0.2) is 94.7 Å². The molecular weight excluding hydrogens is 537 g/mol. The Morgan fingerprint density at radius 2 is 1.56 bits per heavy atom. The van der Waals surface area contributed by atoms with Crippen molar-refractivity contribution in [2.75, 3.05) is 36.0 Å². The van der Waals surface area contributed by atoms with Crippen molar-refractivity contribution in [2.24, 2.45) is 0 Å². The molecule has 2 heterocycles. The number of rotatable bonds is 4. The molecule has 2 aliphatic rings. The lowest BCUT2D eigenvalue weighted by Gasteiger charge is -2.36. The molecule has 0 bridgehead atoms. The minimum atomic E-state index is -1.60. The van der Waals surface area contributed by atoms with Gasteiger partial charge in [0.25, 0.3) is 11.8 Å². The molecule has 0 N–H and O–H groups in total. The highest BCUT2D eigenvalue weighted by atomic mass is 32.2. The third-order valence-corrected chi connectivity index (χ3v) is 9.35. The number of amides is 2. The maximum atomic E-state index is 14.3. The fourth-order valence-electron chi connectivity index (χ4n) is 5.54. The van der Waals surface area contributed by atoms with Gasteiger partial charge in [-0.05, 0) is 67.4 Å². The summed E-state index contributed by atoms with van der Waals surface area (Å²) in [4.78, 5) is 34.0. The number of para-hydroxylation sites is 1. The van der Waals surface area contributed by atoms with Crippen LogP contribution in [0.4, 0.5) is 15.8 Å². The summed E-state index contributed by atoms with van der Waals surface area (Å²) >= 11 is 0. The molecule has 0 aliphatic carbocycles. The van der Waals surface area contributed by atoms with Gasteiger partial charge in [-0.3, -0.25) is 9.59 Å². The number of carbonyl (C=O) groups excluding carboxylic acids is 2. The van der Waals surface area contributed by atoms with E-state index in [4.69, 9.17) is 0 Å². The van der Waals surface area contributed by atoms with Crippen molar-refractivity contribution in [1.29, 1.82) is 0 Å². The van der Waals surface area contributed by atoms with Crippen molar-refractivity contribution < 1.29 is 18.2 Å². The largest absolute Gasteiger partial charge is 0.366 e. The number of benzene rings is 4. The Morgan fingerprint density at radius 3 is 2.34 bits per heavy atom. The number of hydrogen-bond acceptors (Lipinski definition) is 4. The Labute approximate surface area is 241 Å². The number of halogens is 1. The topological polar surface area (TPSA) is 60.9 Å². The molecule has 0 radical (unpaired) electrons. The van der Waals surface area contributed by atoms with Gasteiger partial charge < -0.3 is 14.7 Å². The average Bonchev–Trinajstić information content (AvgIpc) is 3.08. The molecule has 4 aromatic carbocycles. The van der Waals surface area contributed by atoms with Crippen LogP contribution in [-0.2, 0) is 17.3 Å². The fraction of sp³-hybridized carbons (Fsp3) is 0.212. The highest BCUT2D eigenvalue weighted by molar-refractivity contribution is 7.85. The Hall–Kier alpha value is -4.30. The molecule has 0 saturated carbocycles. The van der Waals surface area contributed by atoms with Crippen molar-refractivity contribution in [3.63, 3.8) is 0 Å². The second-order valence-electron chi connectivity index (χ2n) is 10.5. The van der Waals surface area contributed by atoms with E-state index in [0.29, 0.717) is 58.5 Å². The summed E-state index contributed by atoms with van der Waals surface area (Å²) in [6, 6.07) is 24.9. The van der Waals surface area contributed by atoms with Crippen molar-refractivity contribution in [2.45, 2.75) is 30.2 Å². The molecule has 208 valence electrons. The van der Waals surface area contributed by atoms with Crippen LogP contribution in [0.2, 0.25) is 0 Å². The van der Waals surface area contributed by atoms with Crippen LogP contribution >= 0.6 is 0 Å². The Morgan fingerprint density at radius 1 is 0.829 bits per heavy atom. The van der Waals surface area contributed by atoms with Crippen LogP contribution in [0.25, 0.3) is 0 Å². The molecule has 1 atom stereocenters. The first-order chi connectivity index (χ1) is 19.8. The minimum absolute atomic E-state index is 0.173. The zero-order valence-electron chi connectivity index (χ0n) is 23.0. The Kier molecular flexibility index (Phi) is 7.17. The van der Waals surface area contributed by atoms with Gasteiger partial charge in [0, 0.05) is 31.7 Å². The van der Waals surface area contributed by atoms with Crippen LogP contribution in [0, 0.1) is 19.7 Å². The molecular formula is C33H30FN3O3S. The van der Waals surface area contributed by atoms with E-state index in [1.54, 1.807) is 70.5 Å². The fourth-order valence-corrected chi connectivity index (χ4v) is 6.88. The van der Waals surface area contributed by atoms with Gasteiger partial charge in [0.1, 0.15) is 5.82 Å². The lowest BCUT2D eigenvalue weighted by Crippen LogP contribution is -2.49. The molecule has 41 heavy (non-hydrogen) atoms. The molecule has 0 spiro atoms. The van der Waals surface area contributed by atoms with Crippen LogP contribution in [0.3, 0.4) is 0 Å². The second kappa shape index (κ2) is 10.9. The quantitative estimate of drug-likeness (QED) is 0.316. The number of hydrogen-bond donors (Lipinski definition) is 0. The van der Waals surface area contributed by atoms with E-state index in [-0.39, 0.29) is 24.2 Å². The molecule has 4 aromatic rings. The van der Waals surface area contributed by atoms with Gasteiger partial charge in [-0.15, -0.1) is 0 Å². The lowest BCUT2D eigenvalue weighted by molar-refractivity contribution is 0.0746. The zero-order chi connectivity index (χ0) is 28.7. The van der Waals surface area contributed by atoms with E-state index in [2.05, 4.69) is 6.07 Å². The van der Waals surface area contributed by atoms with Gasteiger partial charge in [0.05, 0.1) is 44.1 Å². The monoisotopic (exact) mass is 567 g/mol. The van der Waals surface area contributed by atoms with Gasteiger partial charge in [-0.1, -0.05) is 48.0 Å². The Bertz CT molecular complexity index is 1700. The van der Waals surface area contributed by atoms with Crippen molar-refractivity contribution in [3.05, 3.63) is 119 Å². The lowest BCUT2D eigenvalue weighted by atomic mass is 10.0. The highest BCUT2D eigenvalue weighted by Crippen LogP contribution is 2.37. The SMILES string of the molecule is Cc1ccc(C)c(CN2C(=O)c3ccccc3[S@@](=O)c3ccc(C(=O)N4CCN(c5ccccc5F)CC4)cc32)c1. The van der Waals surface area contributed by atoms with Crippen LogP contribution in [-0.4, -0.2) is 47.1 Å². The standard InChI is InChI=1S/C33H30FN3O3S/c1-22-11-12-23(2)25(19-22)21-37-29-20-24(13-14-31(29)41(40)30-10-6-3-7-26(30)33(37)39)32(38)36-17-15-35(16-18-36)28-9-5-4-8-27(28)34/h3-14,19-20H,15-18,21H2,1-2H3/t41-/m1/s1. The highest BCUT2D eigenvalue weighted by Gasteiger charge is 2.33. The van der Waals surface area contributed by atoms with E-state index in [0.717, 1.165) is 16.7 Å². The van der Waals surface area contributed by atoms with Gasteiger partial charge >= 0.3 is 0 Å². The maximum Gasteiger partial charge on any atom is 0.259 e. The molecule has 1 fully saturated rings. The Balaban J connectivity index is 1.34. The third kappa shape index (κ3) is 5.04. The predicted molar refractivity (Wildman–Crippen MR) is 159 cm³/mol. The molecule has 8 heteroatoms. The summed E-state index contributed by atoms with van der Waals surface area (Å²) in [6.45, 7) is 6.19. The normalized spacial score (nSPS) is 16.7. The van der Waals surface area contributed by atoms with Gasteiger partial charge in [0.15, 0.2) is 0 Å². The van der Waals surface area contributed by atoms with Crippen LogP contribution in [0.1, 0.15) is 37.4 Å². The molecule has 1 saturated heterocycles. The molecule has 6 rings (SSSR count). The molecule has 2 amide bonds. The molecule has 0 aromatic heterocycles. The first kappa shape index (κ1) is 26.9. The predicted octanol–water partition coefficient (Wildman–Crippen LogP) is 5.73. The van der Waals surface area contributed by atoms with E-state index < -0.39 is 10.8 Å². The molecule has 2 aliphatic heterocycles. The summed E-state index contributed by atoms with van der Waals surface area (Å²) in [5.41, 5.74) is 4.93. The number of aryl methyl sites for hydroxylation is 2. The van der Waals surface area contributed by atoms with Crippen LogP contribution < -0.4 is 9.80 Å². The average molecular weight is 568 g/mol. The second-order valence-corrected chi connectivity index (χ2v) is 11.9. The summed E-state index contributed by atoms with van der Waals surface area (Å²) < 4.78 is 28.1. The smallest absolute Gasteiger partial charge is 0.259 e. The van der Waals surface area contributed by atoms with Crippen molar-refractivity contribution >= 4 is 34.0 Å². The van der Waals surface area contributed by atoms with E-state index in [1.165, 1.54) is 6.07 Å². The van der Waals surface area contributed by atoms with Gasteiger partial charge in [0.2, 0.25) is 0 Å². The number of piperazine rings is 1. The van der Waals surface area contributed by atoms with Gasteiger partial charge in [-0.2, -0.15) is 0 Å².